The molecule has 7 heteroatoms. The summed E-state index contributed by atoms with van der Waals surface area (Å²) in [5.41, 5.74) is 0.397. The maximum atomic E-state index is 11.8. The first-order valence-electron chi connectivity index (χ1n) is 6.89. The summed E-state index contributed by atoms with van der Waals surface area (Å²) in [6.07, 6.45) is 5.67. The molecule has 2 rings (SSSR count). The number of H-pyrrole nitrogens is 1. The monoisotopic (exact) mass is 300 g/mol. The van der Waals surface area contributed by atoms with E-state index >= 15 is 0 Å². The van der Waals surface area contributed by atoms with Crippen LogP contribution in [0.15, 0.2) is 9.95 Å². The molecule has 0 aromatic carbocycles. The molecule has 1 fully saturated rings. The van der Waals surface area contributed by atoms with Crippen molar-refractivity contribution in [2.24, 2.45) is 5.92 Å². The van der Waals surface area contributed by atoms with Crippen molar-refractivity contribution in [1.29, 1.82) is 0 Å². The number of hydrogen-bond acceptors (Lipinski definition) is 4. The van der Waals surface area contributed by atoms with E-state index in [-0.39, 0.29) is 5.92 Å². The van der Waals surface area contributed by atoms with Crippen LogP contribution in [0.25, 0.3) is 0 Å². The summed E-state index contributed by atoms with van der Waals surface area (Å²) in [5.74, 6) is 0.420. The molecule has 20 heavy (non-hydrogen) atoms. The minimum absolute atomic E-state index is 0.0121. The van der Waals surface area contributed by atoms with Crippen LogP contribution in [0.4, 0.5) is 0 Å². The number of aromatic amines is 1. The van der Waals surface area contributed by atoms with Crippen molar-refractivity contribution in [1.82, 2.24) is 9.97 Å². The highest BCUT2D eigenvalue weighted by molar-refractivity contribution is 7.85. The first-order valence-corrected chi connectivity index (χ1v) is 8.33. The van der Waals surface area contributed by atoms with Crippen LogP contribution in [0.3, 0.4) is 0 Å². The molecule has 0 bridgehead atoms. The van der Waals surface area contributed by atoms with Gasteiger partial charge in [0.25, 0.3) is 10.7 Å². The first-order chi connectivity index (χ1) is 9.30. The van der Waals surface area contributed by atoms with Crippen LogP contribution in [0.2, 0.25) is 0 Å². The predicted molar refractivity (Wildman–Crippen MR) is 74.4 cm³/mol. The Morgan fingerprint density at radius 3 is 2.45 bits per heavy atom. The third-order valence-electron chi connectivity index (χ3n) is 4.20. The molecule has 1 aromatic heterocycles. The largest absolute Gasteiger partial charge is 0.328 e. The SMILES string of the molecule is Cc1c(C(C)C2CCCCC2)nc(S(=O)(=O)O)[nH]c1=O. The zero-order valence-corrected chi connectivity index (χ0v) is 12.5. The van der Waals surface area contributed by atoms with E-state index in [2.05, 4.69) is 9.97 Å². The minimum atomic E-state index is -4.50. The van der Waals surface area contributed by atoms with Crippen LogP contribution >= 0.6 is 0 Å². The van der Waals surface area contributed by atoms with E-state index in [0.29, 0.717) is 17.2 Å². The number of nitrogens with one attached hydrogen (secondary N) is 1. The molecule has 0 saturated heterocycles. The lowest BCUT2D eigenvalue weighted by Gasteiger charge is -2.28. The zero-order chi connectivity index (χ0) is 14.9. The van der Waals surface area contributed by atoms with Gasteiger partial charge in [0.2, 0.25) is 0 Å². The predicted octanol–water partition coefficient (Wildman–Crippen LogP) is 2.01. The summed E-state index contributed by atoms with van der Waals surface area (Å²) in [6, 6.07) is 0. The van der Waals surface area contributed by atoms with E-state index < -0.39 is 20.8 Å². The molecule has 2 N–H and O–H groups in total. The average Bonchev–Trinajstić information content (AvgIpc) is 2.40. The number of nitrogens with zero attached hydrogens (tertiary/aromatic N) is 1. The van der Waals surface area contributed by atoms with E-state index in [0.717, 1.165) is 25.7 Å². The summed E-state index contributed by atoms with van der Waals surface area (Å²) < 4.78 is 31.4. The summed E-state index contributed by atoms with van der Waals surface area (Å²) in [7, 11) is -4.50. The number of hydrogen-bond donors (Lipinski definition) is 2. The first kappa shape index (κ1) is 15.2. The van der Waals surface area contributed by atoms with E-state index in [4.69, 9.17) is 4.55 Å². The van der Waals surface area contributed by atoms with Gasteiger partial charge in [0.15, 0.2) is 0 Å². The maximum absolute atomic E-state index is 11.8. The van der Waals surface area contributed by atoms with Gasteiger partial charge >= 0.3 is 10.1 Å². The van der Waals surface area contributed by atoms with Crippen LogP contribution in [0.1, 0.15) is 56.2 Å². The Hall–Kier alpha value is -1.21. The average molecular weight is 300 g/mol. The van der Waals surface area contributed by atoms with Crippen molar-refractivity contribution >= 4 is 10.1 Å². The molecule has 0 amide bonds. The Bertz CT molecular complexity index is 645. The van der Waals surface area contributed by atoms with Crippen molar-refractivity contribution in [3.8, 4) is 0 Å². The Morgan fingerprint density at radius 1 is 1.30 bits per heavy atom. The molecule has 1 aliphatic carbocycles. The molecular weight excluding hydrogens is 280 g/mol. The fourth-order valence-electron chi connectivity index (χ4n) is 2.95. The van der Waals surface area contributed by atoms with Gasteiger partial charge in [-0.2, -0.15) is 8.42 Å². The topological polar surface area (TPSA) is 100 Å². The van der Waals surface area contributed by atoms with E-state index in [1.807, 2.05) is 6.92 Å². The zero-order valence-electron chi connectivity index (χ0n) is 11.7. The van der Waals surface area contributed by atoms with Gasteiger partial charge in [0.05, 0.1) is 5.69 Å². The van der Waals surface area contributed by atoms with Gasteiger partial charge in [0.1, 0.15) is 0 Å². The second-order valence-corrected chi connectivity index (χ2v) is 6.88. The molecule has 112 valence electrons. The molecule has 1 aromatic rings. The molecule has 1 atom stereocenters. The standard InChI is InChI=1S/C13H20N2O4S/c1-8(10-6-4-3-5-7-10)11-9(2)12(16)15-13(14-11)20(17,18)19/h8,10H,3-7H2,1-2H3,(H,14,15,16)(H,17,18,19). The quantitative estimate of drug-likeness (QED) is 0.657. The highest BCUT2D eigenvalue weighted by Crippen LogP contribution is 2.35. The van der Waals surface area contributed by atoms with Gasteiger partial charge in [-0.15, -0.1) is 0 Å². The lowest BCUT2D eigenvalue weighted by atomic mass is 9.79. The Kier molecular flexibility index (Phi) is 4.29. The van der Waals surface area contributed by atoms with Crippen molar-refractivity contribution in [3.63, 3.8) is 0 Å². The van der Waals surface area contributed by atoms with Gasteiger partial charge in [0, 0.05) is 11.5 Å². The highest BCUT2D eigenvalue weighted by Gasteiger charge is 2.26. The van der Waals surface area contributed by atoms with Crippen LogP contribution in [-0.4, -0.2) is 22.9 Å². The van der Waals surface area contributed by atoms with Gasteiger partial charge in [-0.3, -0.25) is 14.3 Å². The number of rotatable bonds is 3. The molecule has 1 heterocycles. The van der Waals surface area contributed by atoms with Gasteiger partial charge < -0.3 is 0 Å². The Morgan fingerprint density at radius 2 is 1.90 bits per heavy atom. The maximum Gasteiger partial charge on any atom is 0.328 e. The fourth-order valence-corrected chi connectivity index (χ4v) is 3.39. The van der Waals surface area contributed by atoms with Gasteiger partial charge in [-0.1, -0.05) is 26.2 Å². The second kappa shape index (κ2) is 5.65. The lowest BCUT2D eigenvalue weighted by Crippen LogP contribution is -2.24. The van der Waals surface area contributed by atoms with Crippen LogP contribution in [0.5, 0.6) is 0 Å². The van der Waals surface area contributed by atoms with Crippen molar-refractivity contribution in [3.05, 3.63) is 21.6 Å². The molecule has 1 unspecified atom stereocenters. The number of aromatic nitrogens is 2. The third kappa shape index (κ3) is 3.09. The molecule has 6 nitrogen and oxygen atoms in total. The van der Waals surface area contributed by atoms with E-state index in [1.54, 1.807) is 6.92 Å². The molecule has 1 aliphatic rings. The van der Waals surface area contributed by atoms with Crippen molar-refractivity contribution in [2.45, 2.75) is 57.0 Å². The third-order valence-corrected chi connectivity index (χ3v) is 4.88. The van der Waals surface area contributed by atoms with Crippen molar-refractivity contribution < 1.29 is 13.0 Å². The molecule has 0 spiro atoms. The Balaban J connectivity index is 2.44. The summed E-state index contributed by atoms with van der Waals surface area (Å²) in [4.78, 5) is 17.9. The molecule has 1 saturated carbocycles. The van der Waals surface area contributed by atoms with Gasteiger partial charge in [-0.05, 0) is 25.7 Å². The second-order valence-electron chi connectivity index (χ2n) is 5.54. The van der Waals surface area contributed by atoms with E-state index in [1.165, 1.54) is 6.42 Å². The summed E-state index contributed by atoms with van der Waals surface area (Å²) in [5, 5.41) is -0.661. The van der Waals surface area contributed by atoms with Crippen molar-refractivity contribution in [2.75, 3.05) is 0 Å². The normalized spacial score (nSPS) is 18.9. The van der Waals surface area contributed by atoms with E-state index in [9.17, 15) is 13.2 Å². The fraction of sp³-hybridized carbons (Fsp3) is 0.692. The van der Waals surface area contributed by atoms with Crippen LogP contribution < -0.4 is 5.56 Å². The molecular formula is C13H20N2O4S. The smallest absolute Gasteiger partial charge is 0.295 e. The summed E-state index contributed by atoms with van der Waals surface area (Å²) >= 11 is 0. The van der Waals surface area contributed by atoms with Gasteiger partial charge in [-0.25, -0.2) is 4.98 Å². The Labute approximate surface area is 118 Å². The highest BCUT2D eigenvalue weighted by atomic mass is 32.2. The van der Waals surface area contributed by atoms with Crippen LogP contribution in [0, 0.1) is 12.8 Å². The molecule has 0 radical (unpaired) electrons. The lowest BCUT2D eigenvalue weighted by molar-refractivity contribution is 0.310. The molecule has 0 aliphatic heterocycles. The summed E-state index contributed by atoms with van der Waals surface area (Å²) in [6.45, 7) is 3.60. The minimum Gasteiger partial charge on any atom is -0.295 e. The van der Waals surface area contributed by atoms with Crippen LogP contribution in [-0.2, 0) is 10.1 Å².